The maximum Gasteiger partial charge on any atom is 4.00 e. The van der Waals surface area contributed by atoms with Crippen LogP contribution in [0.25, 0.3) is 0 Å². The fraction of sp³-hybridized carbons (Fsp3) is 0.727. The fourth-order valence-corrected chi connectivity index (χ4v) is 2.21. The zero-order chi connectivity index (χ0) is 43.4. The fourth-order valence-electron chi connectivity index (χ4n) is 2.21. The van der Waals surface area contributed by atoms with Crippen molar-refractivity contribution in [3.05, 3.63) is 47.3 Å². The summed E-state index contributed by atoms with van der Waals surface area (Å²) in [6, 6.07) is 0. The standard InChI is InChI=1S/4C11H20O2.Ce/c4*1-10(2,3)8(12)7-9(13)11(4,5)6;/h4*7,12H,1-6H3;/q;;;;+4/p-4. The number of hydrogen-bond acceptors (Lipinski definition) is 8. The molecule has 0 heterocycles. The number of carbonyl (C=O) groups is 4. The second-order valence-corrected chi connectivity index (χ2v) is 21.5. The molecule has 0 radical (unpaired) electrons. The van der Waals surface area contributed by atoms with E-state index in [0.29, 0.717) is 0 Å². The minimum Gasteiger partial charge on any atom is -0.875 e. The van der Waals surface area contributed by atoms with Gasteiger partial charge in [-0.05, 0) is 46.0 Å². The summed E-state index contributed by atoms with van der Waals surface area (Å²) in [6.45, 7) is 43.4. The number of ketones is 4. The van der Waals surface area contributed by atoms with Crippen molar-refractivity contribution < 1.29 is 81.4 Å². The summed E-state index contributed by atoms with van der Waals surface area (Å²) >= 11 is 0. The van der Waals surface area contributed by atoms with Gasteiger partial charge in [-0.1, -0.05) is 166 Å². The van der Waals surface area contributed by atoms with E-state index in [2.05, 4.69) is 0 Å². The summed E-state index contributed by atoms with van der Waals surface area (Å²) < 4.78 is 0. The van der Waals surface area contributed by atoms with E-state index in [-0.39, 0.29) is 87.9 Å². The third-order valence-corrected chi connectivity index (χ3v) is 6.96. The van der Waals surface area contributed by atoms with E-state index >= 15 is 0 Å². The second kappa shape index (κ2) is 22.1. The van der Waals surface area contributed by atoms with Gasteiger partial charge in [-0.2, -0.15) is 0 Å². The van der Waals surface area contributed by atoms with Crippen molar-refractivity contribution in [3.63, 3.8) is 0 Å². The van der Waals surface area contributed by atoms with Gasteiger partial charge >= 0.3 is 41.7 Å². The molecular formula is C44H76CeO8. The van der Waals surface area contributed by atoms with Crippen molar-refractivity contribution in [3.8, 4) is 0 Å². The van der Waals surface area contributed by atoms with Gasteiger partial charge in [-0.25, -0.2) is 0 Å². The van der Waals surface area contributed by atoms with E-state index in [1.807, 2.05) is 166 Å². The van der Waals surface area contributed by atoms with Crippen molar-refractivity contribution in [1.29, 1.82) is 0 Å². The summed E-state index contributed by atoms with van der Waals surface area (Å²) in [4.78, 5) is 45.8. The Morgan fingerprint density at radius 2 is 0.358 bits per heavy atom. The molecule has 9 heteroatoms. The molecule has 0 rings (SSSR count). The maximum atomic E-state index is 11.4. The Morgan fingerprint density at radius 1 is 0.264 bits per heavy atom. The molecule has 0 aliphatic heterocycles. The number of hydrogen-bond donors (Lipinski definition) is 0. The number of rotatable bonds is 4. The van der Waals surface area contributed by atoms with Gasteiger partial charge in [0.25, 0.3) is 0 Å². The Kier molecular flexibility index (Phi) is 25.2. The predicted molar refractivity (Wildman–Crippen MR) is 208 cm³/mol. The van der Waals surface area contributed by atoms with Crippen LogP contribution in [0.3, 0.4) is 0 Å². The van der Waals surface area contributed by atoms with Crippen molar-refractivity contribution in [1.82, 2.24) is 0 Å². The Balaban J connectivity index is -0.000000192. The molecular weight excluding hydrogens is 797 g/mol. The van der Waals surface area contributed by atoms with Gasteiger partial charge in [0.05, 0.1) is 0 Å². The van der Waals surface area contributed by atoms with Crippen LogP contribution in [-0.2, 0) is 19.2 Å². The Bertz CT molecular complexity index is 1110. The van der Waals surface area contributed by atoms with Crippen molar-refractivity contribution in [2.45, 2.75) is 166 Å². The van der Waals surface area contributed by atoms with Gasteiger partial charge < -0.3 is 20.4 Å². The van der Waals surface area contributed by atoms with E-state index in [9.17, 15) is 39.6 Å². The third kappa shape index (κ3) is 30.2. The van der Waals surface area contributed by atoms with Crippen molar-refractivity contribution >= 4 is 23.1 Å². The van der Waals surface area contributed by atoms with Crippen LogP contribution in [0.1, 0.15) is 166 Å². The molecule has 0 bridgehead atoms. The van der Waals surface area contributed by atoms with Crippen LogP contribution in [0.15, 0.2) is 47.3 Å². The van der Waals surface area contributed by atoms with Crippen LogP contribution in [0, 0.1) is 85.1 Å². The van der Waals surface area contributed by atoms with Crippen molar-refractivity contribution in [2.24, 2.45) is 43.3 Å². The molecule has 304 valence electrons. The van der Waals surface area contributed by atoms with Gasteiger partial charge in [0.1, 0.15) is 0 Å². The topological polar surface area (TPSA) is 161 Å². The maximum absolute atomic E-state index is 11.4. The van der Waals surface area contributed by atoms with Gasteiger partial charge in [0, 0.05) is 21.7 Å². The Hall–Kier alpha value is -1.78. The molecule has 0 aromatic carbocycles. The van der Waals surface area contributed by atoms with Crippen LogP contribution in [0.5, 0.6) is 0 Å². The van der Waals surface area contributed by atoms with E-state index in [1.54, 1.807) is 0 Å². The zero-order valence-corrected chi connectivity index (χ0v) is 41.2. The van der Waals surface area contributed by atoms with Crippen LogP contribution in [-0.4, -0.2) is 23.1 Å². The third-order valence-electron chi connectivity index (χ3n) is 6.96. The summed E-state index contributed by atoms with van der Waals surface area (Å²) in [6.07, 6.45) is 4.89. The number of carbonyl (C=O) groups excluding carboxylic acids is 4. The summed E-state index contributed by atoms with van der Waals surface area (Å²) in [5.74, 6) is -0.834. The average molecular weight is 873 g/mol. The van der Waals surface area contributed by atoms with Gasteiger partial charge in [-0.3, -0.25) is 19.2 Å². The molecule has 0 aliphatic carbocycles. The average Bonchev–Trinajstić information content (AvgIpc) is 2.85. The first kappa shape index (κ1) is 60.5. The quantitative estimate of drug-likeness (QED) is 0.207. The van der Waals surface area contributed by atoms with E-state index in [1.165, 1.54) is 24.3 Å². The molecule has 53 heavy (non-hydrogen) atoms. The smallest absolute Gasteiger partial charge is 0.875 e. The molecule has 0 unspecified atom stereocenters. The largest absolute Gasteiger partial charge is 4.00 e. The summed E-state index contributed by atoms with van der Waals surface area (Å²) in [7, 11) is 0. The van der Waals surface area contributed by atoms with Gasteiger partial charge in [0.15, 0.2) is 23.1 Å². The van der Waals surface area contributed by atoms with Crippen molar-refractivity contribution in [2.75, 3.05) is 0 Å². The number of allylic oxidation sites excluding steroid dienone is 8. The molecule has 0 fully saturated rings. The van der Waals surface area contributed by atoms with E-state index in [4.69, 9.17) is 0 Å². The molecule has 0 aromatic heterocycles. The predicted octanol–water partition coefficient (Wildman–Crippen LogP) is 7.57. The Morgan fingerprint density at radius 3 is 0.415 bits per heavy atom. The zero-order valence-electron chi connectivity index (χ0n) is 38.1. The van der Waals surface area contributed by atoms with E-state index < -0.39 is 43.3 Å². The molecule has 0 aromatic rings. The van der Waals surface area contributed by atoms with Crippen LogP contribution in [0.4, 0.5) is 0 Å². The first-order valence-electron chi connectivity index (χ1n) is 17.9. The summed E-state index contributed by atoms with van der Waals surface area (Å²) in [5.41, 5.74) is -3.66. The molecule has 0 N–H and O–H groups in total. The molecule has 0 amide bonds. The minimum atomic E-state index is -0.457. The van der Waals surface area contributed by atoms with Gasteiger partial charge in [0.2, 0.25) is 0 Å². The molecule has 8 nitrogen and oxygen atoms in total. The Labute approximate surface area is 358 Å². The summed E-state index contributed by atoms with van der Waals surface area (Å²) in [5, 5.41) is 45.8. The normalized spacial score (nSPS) is 14.2. The molecule has 0 aliphatic rings. The minimum absolute atomic E-state index is 0. The molecule has 0 saturated carbocycles. The molecule has 0 saturated heterocycles. The van der Waals surface area contributed by atoms with E-state index in [0.717, 1.165) is 0 Å². The first-order valence-corrected chi connectivity index (χ1v) is 17.9. The first-order chi connectivity index (χ1) is 22.2. The second-order valence-electron chi connectivity index (χ2n) is 21.5. The van der Waals surface area contributed by atoms with Crippen LogP contribution >= 0.6 is 0 Å². The SMILES string of the molecule is CC(C)(C)C(=O)C=C([O-])C(C)(C)C.CC(C)(C)C(=O)C=C([O-])C(C)(C)C.CC(C)(C)C(=O)C=C([O-])C(C)(C)C.CC(C)(C)C(=O)C=C([O-])C(C)(C)C.[Ce+4]. The monoisotopic (exact) mass is 872 g/mol. The van der Waals surface area contributed by atoms with Crippen LogP contribution in [0.2, 0.25) is 0 Å². The van der Waals surface area contributed by atoms with Gasteiger partial charge in [-0.15, -0.1) is 23.0 Å². The molecule has 0 spiro atoms. The van der Waals surface area contributed by atoms with Crippen LogP contribution < -0.4 is 20.4 Å². The molecule has 0 atom stereocenters.